The van der Waals surface area contributed by atoms with Crippen LogP contribution < -0.4 is 15.4 Å². The molecule has 1 aliphatic rings. The second-order valence-electron chi connectivity index (χ2n) is 5.43. The van der Waals surface area contributed by atoms with E-state index in [2.05, 4.69) is 10.6 Å². The van der Waals surface area contributed by atoms with Gasteiger partial charge in [0, 0.05) is 5.69 Å². The Morgan fingerprint density at radius 1 is 1.26 bits per heavy atom. The number of fused-ring (bicyclic) bond motifs is 1. The van der Waals surface area contributed by atoms with Crippen molar-refractivity contribution in [2.45, 2.75) is 20.0 Å². The van der Waals surface area contributed by atoms with E-state index >= 15 is 0 Å². The second kappa shape index (κ2) is 5.64. The molecule has 0 aromatic heterocycles. The summed E-state index contributed by atoms with van der Waals surface area (Å²) in [6, 6.07) is 9.80. The van der Waals surface area contributed by atoms with E-state index in [4.69, 9.17) is 4.74 Å². The predicted octanol–water partition coefficient (Wildman–Crippen LogP) is 2.67. The number of hydrogen-bond acceptors (Lipinski definition) is 4. The number of anilines is 2. The van der Waals surface area contributed by atoms with Crippen LogP contribution in [0.3, 0.4) is 0 Å². The SMILES string of the molecule is Cc1ccc(C(=O)Nc2ccc3c(c2)NC(=O)C(C)O3)c(O)c1. The van der Waals surface area contributed by atoms with Crippen LogP contribution in [0.2, 0.25) is 0 Å². The van der Waals surface area contributed by atoms with Crippen molar-refractivity contribution in [3.8, 4) is 11.5 Å². The Hall–Kier alpha value is -3.02. The number of phenols is 1. The molecular weight excluding hydrogens is 296 g/mol. The van der Waals surface area contributed by atoms with Gasteiger partial charge in [0.15, 0.2) is 6.10 Å². The van der Waals surface area contributed by atoms with E-state index in [0.717, 1.165) is 5.56 Å². The molecule has 2 aromatic rings. The van der Waals surface area contributed by atoms with E-state index in [1.54, 1.807) is 37.3 Å². The number of nitrogens with one attached hydrogen (secondary N) is 2. The highest BCUT2D eigenvalue weighted by atomic mass is 16.5. The lowest BCUT2D eigenvalue weighted by Gasteiger charge is -2.23. The summed E-state index contributed by atoms with van der Waals surface area (Å²) >= 11 is 0. The summed E-state index contributed by atoms with van der Waals surface area (Å²) in [4.78, 5) is 23.9. The molecule has 2 amide bonds. The number of phenolic OH excluding ortho intramolecular Hbond substituents is 1. The highest BCUT2D eigenvalue weighted by Gasteiger charge is 2.23. The van der Waals surface area contributed by atoms with Crippen LogP contribution in [0.5, 0.6) is 11.5 Å². The van der Waals surface area contributed by atoms with Crippen LogP contribution in [0.1, 0.15) is 22.8 Å². The molecule has 1 aliphatic heterocycles. The molecule has 1 atom stereocenters. The second-order valence-corrected chi connectivity index (χ2v) is 5.43. The molecule has 23 heavy (non-hydrogen) atoms. The van der Waals surface area contributed by atoms with Gasteiger partial charge in [0.2, 0.25) is 0 Å². The van der Waals surface area contributed by atoms with E-state index in [1.807, 2.05) is 6.92 Å². The topological polar surface area (TPSA) is 87.7 Å². The maximum atomic E-state index is 12.2. The standard InChI is InChI=1S/C17H16N2O4/c1-9-3-5-12(14(20)7-9)17(22)18-11-4-6-15-13(8-11)19-16(21)10(2)23-15/h3-8,10,20H,1-2H3,(H,18,22)(H,19,21). The van der Waals surface area contributed by atoms with Gasteiger partial charge < -0.3 is 20.5 Å². The number of rotatable bonds is 2. The number of benzene rings is 2. The van der Waals surface area contributed by atoms with Crippen LogP contribution in [0.4, 0.5) is 11.4 Å². The summed E-state index contributed by atoms with van der Waals surface area (Å²) in [6.45, 7) is 3.49. The molecule has 0 spiro atoms. The Morgan fingerprint density at radius 2 is 2.04 bits per heavy atom. The fourth-order valence-electron chi connectivity index (χ4n) is 2.32. The van der Waals surface area contributed by atoms with Crippen molar-refractivity contribution in [2.75, 3.05) is 10.6 Å². The fraction of sp³-hybridized carbons (Fsp3) is 0.176. The molecule has 3 N–H and O–H groups in total. The van der Waals surface area contributed by atoms with Gasteiger partial charge in [-0.05, 0) is 49.7 Å². The maximum absolute atomic E-state index is 12.2. The minimum absolute atomic E-state index is 0.0779. The van der Waals surface area contributed by atoms with Crippen LogP contribution in [-0.4, -0.2) is 23.0 Å². The zero-order chi connectivity index (χ0) is 16.6. The van der Waals surface area contributed by atoms with Gasteiger partial charge in [-0.2, -0.15) is 0 Å². The van der Waals surface area contributed by atoms with Crippen molar-refractivity contribution in [3.05, 3.63) is 47.5 Å². The van der Waals surface area contributed by atoms with Crippen molar-refractivity contribution in [3.63, 3.8) is 0 Å². The van der Waals surface area contributed by atoms with Gasteiger partial charge in [-0.3, -0.25) is 9.59 Å². The minimum Gasteiger partial charge on any atom is -0.507 e. The third-order valence-electron chi connectivity index (χ3n) is 3.57. The monoisotopic (exact) mass is 312 g/mol. The number of amides is 2. The van der Waals surface area contributed by atoms with Gasteiger partial charge in [-0.15, -0.1) is 0 Å². The molecule has 0 bridgehead atoms. The quantitative estimate of drug-likeness (QED) is 0.795. The zero-order valence-electron chi connectivity index (χ0n) is 12.7. The largest absolute Gasteiger partial charge is 0.507 e. The molecule has 0 radical (unpaired) electrons. The molecule has 0 aliphatic carbocycles. The van der Waals surface area contributed by atoms with Crippen molar-refractivity contribution in [2.24, 2.45) is 0 Å². The summed E-state index contributed by atoms with van der Waals surface area (Å²) in [5.74, 6) is -0.199. The molecule has 0 fully saturated rings. The Kier molecular flexibility index (Phi) is 3.65. The lowest BCUT2D eigenvalue weighted by atomic mass is 10.1. The average Bonchev–Trinajstić information content (AvgIpc) is 2.48. The summed E-state index contributed by atoms with van der Waals surface area (Å²) in [5.41, 5.74) is 2.04. The molecule has 2 aromatic carbocycles. The third kappa shape index (κ3) is 2.96. The van der Waals surface area contributed by atoms with Crippen molar-refractivity contribution < 1.29 is 19.4 Å². The van der Waals surface area contributed by atoms with Gasteiger partial charge >= 0.3 is 0 Å². The Bertz CT molecular complexity index is 801. The van der Waals surface area contributed by atoms with E-state index in [1.165, 1.54) is 6.07 Å². The fourth-order valence-corrected chi connectivity index (χ4v) is 2.32. The molecule has 6 nitrogen and oxygen atoms in total. The lowest BCUT2D eigenvalue weighted by Crippen LogP contribution is -2.34. The summed E-state index contributed by atoms with van der Waals surface area (Å²) in [5, 5.41) is 15.3. The number of carbonyl (C=O) groups is 2. The van der Waals surface area contributed by atoms with Crippen molar-refractivity contribution in [1.82, 2.24) is 0 Å². The smallest absolute Gasteiger partial charge is 0.265 e. The number of hydrogen-bond donors (Lipinski definition) is 3. The molecule has 3 rings (SSSR count). The first-order valence-electron chi connectivity index (χ1n) is 7.16. The van der Waals surface area contributed by atoms with Crippen molar-refractivity contribution in [1.29, 1.82) is 0 Å². The van der Waals surface area contributed by atoms with Crippen molar-refractivity contribution >= 4 is 23.2 Å². The van der Waals surface area contributed by atoms with Gasteiger partial charge in [0.05, 0.1) is 11.3 Å². The number of carbonyl (C=O) groups excluding carboxylic acids is 2. The Labute approximate surface area is 133 Å². The van der Waals surface area contributed by atoms with E-state index < -0.39 is 12.0 Å². The molecule has 0 saturated heterocycles. The normalized spacial score (nSPS) is 16.1. The summed E-state index contributed by atoms with van der Waals surface area (Å²) < 4.78 is 5.46. The first-order chi connectivity index (χ1) is 10.9. The molecule has 1 heterocycles. The van der Waals surface area contributed by atoms with Gasteiger partial charge in [-0.25, -0.2) is 0 Å². The molecular formula is C17H16N2O4. The molecule has 118 valence electrons. The number of aromatic hydroxyl groups is 1. The first-order valence-corrected chi connectivity index (χ1v) is 7.16. The highest BCUT2D eigenvalue weighted by Crippen LogP contribution is 2.32. The van der Waals surface area contributed by atoms with Gasteiger partial charge in [0.25, 0.3) is 11.8 Å². The summed E-state index contributed by atoms with van der Waals surface area (Å²) in [7, 11) is 0. The lowest BCUT2D eigenvalue weighted by molar-refractivity contribution is -0.122. The van der Waals surface area contributed by atoms with E-state index in [0.29, 0.717) is 17.1 Å². The summed E-state index contributed by atoms with van der Waals surface area (Å²) in [6.07, 6.45) is -0.549. The zero-order valence-corrected chi connectivity index (χ0v) is 12.7. The van der Waals surface area contributed by atoms with Gasteiger partial charge in [-0.1, -0.05) is 6.07 Å². The number of aryl methyl sites for hydroxylation is 1. The third-order valence-corrected chi connectivity index (χ3v) is 3.57. The minimum atomic E-state index is -0.549. The van der Waals surface area contributed by atoms with Gasteiger partial charge in [0.1, 0.15) is 11.5 Å². The average molecular weight is 312 g/mol. The van der Waals surface area contributed by atoms with Crippen LogP contribution >= 0.6 is 0 Å². The van der Waals surface area contributed by atoms with E-state index in [9.17, 15) is 14.7 Å². The van der Waals surface area contributed by atoms with E-state index in [-0.39, 0.29) is 17.2 Å². The van der Waals surface area contributed by atoms with Crippen LogP contribution in [0.25, 0.3) is 0 Å². The maximum Gasteiger partial charge on any atom is 0.265 e. The van der Waals surface area contributed by atoms with Crippen LogP contribution in [-0.2, 0) is 4.79 Å². The molecule has 0 saturated carbocycles. The number of ether oxygens (including phenoxy) is 1. The Morgan fingerprint density at radius 3 is 2.78 bits per heavy atom. The first kappa shape index (κ1) is 14.9. The molecule has 6 heteroatoms. The van der Waals surface area contributed by atoms with Crippen LogP contribution in [0, 0.1) is 6.92 Å². The highest BCUT2D eigenvalue weighted by molar-refractivity contribution is 6.07. The van der Waals surface area contributed by atoms with Crippen LogP contribution in [0.15, 0.2) is 36.4 Å². The predicted molar refractivity (Wildman–Crippen MR) is 86.0 cm³/mol. The Balaban J connectivity index is 1.82. The molecule has 1 unspecified atom stereocenters.